The quantitative estimate of drug-likeness (QED) is 0.800. The van der Waals surface area contributed by atoms with Gasteiger partial charge >= 0.3 is 0 Å². The molecule has 21 heavy (non-hydrogen) atoms. The molecule has 3 rings (SSSR count). The van der Waals surface area contributed by atoms with Crippen molar-refractivity contribution in [3.8, 4) is 22.9 Å². The minimum Gasteiger partial charge on any atom is -0.507 e. The second-order valence-electron chi connectivity index (χ2n) is 4.70. The lowest BCUT2D eigenvalue weighted by molar-refractivity contribution is 0.408. The van der Waals surface area contributed by atoms with Crippen LogP contribution in [-0.4, -0.2) is 21.8 Å². The molecule has 1 aromatic heterocycles. The lowest BCUT2D eigenvalue weighted by atomic mass is 10.2. The SMILES string of the molecule is CCn1c(-c2ccc(OC)cc2O)nc2ccc(F)cc21. The molecule has 3 aromatic rings. The van der Waals surface area contributed by atoms with E-state index in [2.05, 4.69) is 4.98 Å². The van der Waals surface area contributed by atoms with E-state index in [0.717, 1.165) is 0 Å². The molecule has 0 spiro atoms. The topological polar surface area (TPSA) is 47.3 Å². The highest BCUT2D eigenvalue weighted by Crippen LogP contribution is 2.33. The first-order valence-electron chi connectivity index (χ1n) is 6.67. The summed E-state index contributed by atoms with van der Waals surface area (Å²) in [5, 5.41) is 10.2. The zero-order chi connectivity index (χ0) is 15.0. The van der Waals surface area contributed by atoms with Gasteiger partial charge in [0.25, 0.3) is 0 Å². The van der Waals surface area contributed by atoms with Gasteiger partial charge in [-0.15, -0.1) is 0 Å². The Morgan fingerprint density at radius 1 is 1.24 bits per heavy atom. The van der Waals surface area contributed by atoms with Gasteiger partial charge in [-0.25, -0.2) is 9.37 Å². The molecule has 0 atom stereocenters. The molecule has 1 heterocycles. The molecule has 0 aliphatic heterocycles. The first-order chi connectivity index (χ1) is 10.1. The predicted molar refractivity (Wildman–Crippen MR) is 79.0 cm³/mol. The molecular weight excluding hydrogens is 271 g/mol. The van der Waals surface area contributed by atoms with E-state index in [0.29, 0.717) is 34.7 Å². The number of fused-ring (bicyclic) bond motifs is 1. The molecule has 0 saturated heterocycles. The summed E-state index contributed by atoms with van der Waals surface area (Å²) in [6.07, 6.45) is 0. The number of methoxy groups -OCH3 is 1. The Kier molecular flexibility index (Phi) is 3.25. The van der Waals surface area contributed by atoms with E-state index in [9.17, 15) is 9.50 Å². The summed E-state index contributed by atoms with van der Waals surface area (Å²) in [4.78, 5) is 4.51. The number of rotatable bonds is 3. The Labute approximate surface area is 121 Å². The maximum Gasteiger partial charge on any atom is 0.144 e. The number of ether oxygens (including phenoxy) is 1. The van der Waals surface area contributed by atoms with Crippen LogP contribution in [0, 0.1) is 5.82 Å². The molecule has 2 aromatic carbocycles. The number of aromatic nitrogens is 2. The Hall–Kier alpha value is -2.56. The summed E-state index contributed by atoms with van der Waals surface area (Å²) in [5.41, 5.74) is 2.00. The summed E-state index contributed by atoms with van der Waals surface area (Å²) in [7, 11) is 1.54. The molecule has 0 unspecified atom stereocenters. The number of benzene rings is 2. The van der Waals surface area contributed by atoms with Crippen LogP contribution in [0.2, 0.25) is 0 Å². The highest BCUT2D eigenvalue weighted by Gasteiger charge is 2.15. The Morgan fingerprint density at radius 2 is 2.05 bits per heavy atom. The summed E-state index contributed by atoms with van der Waals surface area (Å²) in [6, 6.07) is 9.52. The number of aryl methyl sites for hydroxylation is 1. The van der Waals surface area contributed by atoms with Crippen LogP contribution in [0.5, 0.6) is 11.5 Å². The van der Waals surface area contributed by atoms with Crippen LogP contribution in [0.3, 0.4) is 0 Å². The molecule has 0 amide bonds. The maximum atomic E-state index is 13.4. The summed E-state index contributed by atoms with van der Waals surface area (Å²) in [6.45, 7) is 2.58. The van der Waals surface area contributed by atoms with E-state index in [4.69, 9.17) is 4.74 Å². The van der Waals surface area contributed by atoms with E-state index >= 15 is 0 Å². The van der Waals surface area contributed by atoms with Gasteiger partial charge in [-0.1, -0.05) is 0 Å². The van der Waals surface area contributed by atoms with Gasteiger partial charge in [-0.3, -0.25) is 0 Å². The number of imidazole rings is 1. The third-order valence-corrected chi connectivity index (χ3v) is 3.47. The van der Waals surface area contributed by atoms with Crippen molar-refractivity contribution in [1.29, 1.82) is 0 Å². The van der Waals surface area contributed by atoms with Gasteiger partial charge in [0.05, 0.1) is 23.7 Å². The molecule has 5 heteroatoms. The average molecular weight is 286 g/mol. The van der Waals surface area contributed by atoms with Crippen molar-refractivity contribution in [2.75, 3.05) is 7.11 Å². The van der Waals surface area contributed by atoms with E-state index < -0.39 is 0 Å². The minimum atomic E-state index is -0.303. The third kappa shape index (κ3) is 2.20. The van der Waals surface area contributed by atoms with Gasteiger partial charge in [-0.05, 0) is 37.3 Å². The van der Waals surface area contributed by atoms with Gasteiger partial charge in [0.15, 0.2) is 0 Å². The monoisotopic (exact) mass is 286 g/mol. The van der Waals surface area contributed by atoms with Gasteiger partial charge in [0.2, 0.25) is 0 Å². The van der Waals surface area contributed by atoms with Gasteiger partial charge in [0, 0.05) is 12.6 Å². The second kappa shape index (κ2) is 5.09. The molecule has 4 nitrogen and oxygen atoms in total. The van der Waals surface area contributed by atoms with Crippen LogP contribution < -0.4 is 4.74 Å². The summed E-state index contributed by atoms with van der Waals surface area (Å²) < 4.78 is 20.4. The first-order valence-corrected chi connectivity index (χ1v) is 6.67. The third-order valence-electron chi connectivity index (χ3n) is 3.47. The zero-order valence-corrected chi connectivity index (χ0v) is 11.8. The summed E-state index contributed by atoms with van der Waals surface area (Å²) >= 11 is 0. The highest BCUT2D eigenvalue weighted by atomic mass is 19.1. The normalized spacial score (nSPS) is 11.0. The van der Waals surface area contributed by atoms with Gasteiger partial charge in [-0.2, -0.15) is 0 Å². The molecule has 0 radical (unpaired) electrons. The lowest BCUT2D eigenvalue weighted by Gasteiger charge is -2.09. The van der Waals surface area contributed by atoms with Crippen LogP contribution in [0.1, 0.15) is 6.92 Å². The number of nitrogens with zero attached hydrogens (tertiary/aromatic N) is 2. The average Bonchev–Trinajstić information content (AvgIpc) is 2.84. The molecule has 0 aliphatic carbocycles. The van der Waals surface area contributed by atoms with Crippen molar-refractivity contribution in [2.24, 2.45) is 0 Å². The molecule has 0 fully saturated rings. The van der Waals surface area contributed by atoms with E-state index in [-0.39, 0.29) is 11.6 Å². The van der Waals surface area contributed by atoms with Crippen LogP contribution in [0.4, 0.5) is 4.39 Å². The van der Waals surface area contributed by atoms with E-state index in [1.807, 2.05) is 11.5 Å². The summed E-state index contributed by atoms with van der Waals surface area (Å²) in [5.74, 6) is 0.960. The second-order valence-corrected chi connectivity index (χ2v) is 4.70. The fourth-order valence-corrected chi connectivity index (χ4v) is 2.45. The molecule has 0 aliphatic rings. The van der Waals surface area contributed by atoms with E-state index in [1.165, 1.54) is 18.2 Å². The fraction of sp³-hybridized carbons (Fsp3) is 0.188. The predicted octanol–water partition coefficient (Wildman–Crippen LogP) is 3.58. The number of phenolic OH excluding ortho intramolecular Hbond substituents is 1. The van der Waals surface area contributed by atoms with Gasteiger partial charge in [0.1, 0.15) is 23.1 Å². The molecule has 0 saturated carbocycles. The fourth-order valence-electron chi connectivity index (χ4n) is 2.45. The van der Waals surface area contributed by atoms with Crippen LogP contribution in [-0.2, 0) is 6.54 Å². The minimum absolute atomic E-state index is 0.0832. The highest BCUT2D eigenvalue weighted by molar-refractivity contribution is 5.82. The Balaban J connectivity index is 2.24. The number of aromatic hydroxyl groups is 1. The number of halogens is 1. The van der Waals surface area contributed by atoms with Gasteiger partial charge < -0.3 is 14.4 Å². The lowest BCUT2D eigenvalue weighted by Crippen LogP contribution is -1.98. The molecule has 0 bridgehead atoms. The molecule has 1 N–H and O–H groups in total. The maximum absolute atomic E-state index is 13.4. The van der Waals surface area contributed by atoms with Crippen molar-refractivity contribution in [1.82, 2.24) is 9.55 Å². The first kappa shape index (κ1) is 13.4. The smallest absolute Gasteiger partial charge is 0.144 e. The van der Waals surface area contributed by atoms with Crippen molar-refractivity contribution < 1.29 is 14.2 Å². The number of hydrogen-bond donors (Lipinski definition) is 1. The number of phenols is 1. The van der Waals surface area contributed by atoms with Crippen molar-refractivity contribution in [2.45, 2.75) is 13.5 Å². The molecular formula is C16H15FN2O2. The van der Waals surface area contributed by atoms with Crippen LogP contribution in [0.25, 0.3) is 22.4 Å². The Bertz CT molecular complexity index is 811. The molecule has 108 valence electrons. The standard InChI is InChI=1S/C16H15FN2O2/c1-3-19-14-8-10(17)4-7-13(14)18-16(19)12-6-5-11(21-2)9-15(12)20/h4-9,20H,3H2,1-2H3. The van der Waals surface area contributed by atoms with Crippen molar-refractivity contribution in [3.05, 3.63) is 42.2 Å². The van der Waals surface area contributed by atoms with E-state index in [1.54, 1.807) is 25.3 Å². The Morgan fingerprint density at radius 3 is 2.71 bits per heavy atom. The van der Waals surface area contributed by atoms with Crippen LogP contribution in [0.15, 0.2) is 36.4 Å². The van der Waals surface area contributed by atoms with Crippen molar-refractivity contribution in [3.63, 3.8) is 0 Å². The number of hydrogen-bond acceptors (Lipinski definition) is 3. The van der Waals surface area contributed by atoms with Crippen molar-refractivity contribution >= 4 is 11.0 Å². The van der Waals surface area contributed by atoms with Crippen LogP contribution >= 0.6 is 0 Å². The largest absolute Gasteiger partial charge is 0.507 e. The zero-order valence-electron chi connectivity index (χ0n) is 11.8.